The molecular weight excluding hydrogens is 390 g/mol. The number of ether oxygens (including phenoxy) is 2. The van der Waals surface area contributed by atoms with Crippen LogP contribution in [0, 0.1) is 0 Å². The SMILES string of the molecule is COc1ccc(Oc2ccnc(-c3cccc(C(=O)NCc4ccccc4)c3)n2)cc1. The van der Waals surface area contributed by atoms with E-state index in [2.05, 4.69) is 15.3 Å². The zero-order valence-corrected chi connectivity index (χ0v) is 17.0. The third kappa shape index (κ3) is 5.25. The molecule has 0 bridgehead atoms. The lowest BCUT2D eigenvalue weighted by Gasteiger charge is -2.09. The minimum atomic E-state index is -0.156. The number of aromatic nitrogens is 2. The monoisotopic (exact) mass is 411 g/mol. The van der Waals surface area contributed by atoms with E-state index in [1.54, 1.807) is 43.6 Å². The highest BCUT2D eigenvalue weighted by molar-refractivity contribution is 5.95. The number of hydrogen-bond acceptors (Lipinski definition) is 5. The molecule has 0 saturated carbocycles. The number of nitrogens with one attached hydrogen (secondary N) is 1. The third-order valence-electron chi connectivity index (χ3n) is 4.59. The maximum atomic E-state index is 12.6. The summed E-state index contributed by atoms with van der Waals surface area (Å²) in [6, 6.07) is 25.9. The van der Waals surface area contributed by atoms with E-state index >= 15 is 0 Å². The maximum Gasteiger partial charge on any atom is 0.251 e. The van der Waals surface area contributed by atoms with E-state index in [4.69, 9.17) is 9.47 Å². The topological polar surface area (TPSA) is 73.3 Å². The zero-order chi connectivity index (χ0) is 21.5. The van der Waals surface area contributed by atoms with E-state index in [0.717, 1.165) is 16.9 Å². The largest absolute Gasteiger partial charge is 0.497 e. The van der Waals surface area contributed by atoms with Gasteiger partial charge in [0.2, 0.25) is 5.88 Å². The number of hydrogen-bond donors (Lipinski definition) is 1. The Labute approximate surface area is 180 Å². The average Bonchev–Trinajstić information content (AvgIpc) is 2.84. The number of nitrogens with zero attached hydrogens (tertiary/aromatic N) is 2. The lowest BCUT2D eigenvalue weighted by atomic mass is 10.1. The molecule has 0 spiro atoms. The van der Waals surface area contributed by atoms with Crippen LogP contribution in [0.3, 0.4) is 0 Å². The van der Waals surface area contributed by atoms with Gasteiger partial charge in [-0.2, -0.15) is 4.98 Å². The second-order valence-electron chi connectivity index (χ2n) is 6.75. The normalized spacial score (nSPS) is 10.4. The molecule has 0 unspecified atom stereocenters. The summed E-state index contributed by atoms with van der Waals surface area (Å²) in [7, 11) is 1.61. The molecule has 154 valence electrons. The first-order valence-corrected chi connectivity index (χ1v) is 9.79. The van der Waals surface area contributed by atoms with Crippen molar-refractivity contribution in [3.63, 3.8) is 0 Å². The van der Waals surface area contributed by atoms with Gasteiger partial charge in [-0.25, -0.2) is 4.98 Å². The van der Waals surface area contributed by atoms with Gasteiger partial charge in [-0.05, 0) is 42.0 Å². The van der Waals surface area contributed by atoms with Gasteiger partial charge in [0.15, 0.2) is 5.82 Å². The molecule has 4 aromatic rings. The van der Waals surface area contributed by atoms with E-state index in [9.17, 15) is 4.79 Å². The first kappa shape index (κ1) is 20.1. The summed E-state index contributed by atoms with van der Waals surface area (Å²) >= 11 is 0. The molecule has 1 N–H and O–H groups in total. The fourth-order valence-corrected chi connectivity index (χ4v) is 2.98. The summed E-state index contributed by atoms with van der Waals surface area (Å²) < 4.78 is 11.0. The molecule has 31 heavy (non-hydrogen) atoms. The van der Waals surface area contributed by atoms with Gasteiger partial charge in [-0.1, -0.05) is 42.5 Å². The number of benzene rings is 3. The van der Waals surface area contributed by atoms with Gasteiger partial charge in [-0.3, -0.25) is 4.79 Å². The third-order valence-corrected chi connectivity index (χ3v) is 4.59. The Bertz CT molecular complexity index is 1160. The van der Waals surface area contributed by atoms with Crippen LogP contribution in [-0.2, 0) is 6.54 Å². The van der Waals surface area contributed by atoms with Gasteiger partial charge < -0.3 is 14.8 Å². The second kappa shape index (κ2) is 9.54. The minimum absolute atomic E-state index is 0.156. The number of amides is 1. The van der Waals surface area contributed by atoms with Gasteiger partial charge in [0.25, 0.3) is 5.91 Å². The van der Waals surface area contributed by atoms with Crippen LogP contribution in [0.25, 0.3) is 11.4 Å². The van der Waals surface area contributed by atoms with Crippen LogP contribution in [0.1, 0.15) is 15.9 Å². The molecule has 6 heteroatoms. The summed E-state index contributed by atoms with van der Waals surface area (Å²) in [5.74, 6) is 2.12. The van der Waals surface area contributed by atoms with E-state index < -0.39 is 0 Å². The number of carbonyl (C=O) groups is 1. The van der Waals surface area contributed by atoms with Crippen molar-refractivity contribution in [3.05, 3.63) is 102 Å². The summed E-state index contributed by atoms with van der Waals surface area (Å²) in [6.07, 6.45) is 1.63. The summed E-state index contributed by atoms with van der Waals surface area (Å²) in [5.41, 5.74) is 2.31. The smallest absolute Gasteiger partial charge is 0.251 e. The first-order valence-electron chi connectivity index (χ1n) is 9.79. The number of carbonyl (C=O) groups excluding carboxylic acids is 1. The molecule has 4 rings (SSSR count). The lowest BCUT2D eigenvalue weighted by Crippen LogP contribution is -2.22. The molecule has 0 aliphatic heterocycles. The van der Waals surface area contributed by atoms with Crippen molar-refractivity contribution in [1.82, 2.24) is 15.3 Å². The zero-order valence-electron chi connectivity index (χ0n) is 17.0. The highest BCUT2D eigenvalue weighted by Gasteiger charge is 2.10. The Balaban J connectivity index is 1.48. The van der Waals surface area contributed by atoms with Crippen molar-refractivity contribution >= 4 is 5.91 Å². The van der Waals surface area contributed by atoms with Gasteiger partial charge in [-0.15, -0.1) is 0 Å². The van der Waals surface area contributed by atoms with Crippen molar-refractivity contribution in [3.8, 4) is 28.8 Å². The standard InChI is InChI=1S/C25H21N3O3/c1-30-21-10-12-22(13-11-21)31-23-14-15-26-24(28-23)19-8-5-9-20(16-19)25(29)27-17-18-6-3-2-4-7-18/h2-16H,17H2,1H3,(H,27,29). The minimum Gasteiger partial charge on any atom is -0.497 e. The molecule has 0 atom stereocenters. The average molecular weight is 411 g/mol. The predicted octanol–water partition coefficient (Wildman–Crippen LogP) is 4.87. The molecule has 0 saturated heterocycles. The summed E-state index contributed by atoms with van der Waals surface area (Å²) in [6.45, 7) is 0.464. The molecule has 6 nitrogen and oxygen atoms in total. The van der Waals surface area contributed by atoms with Crippen LogP contribution >= 0.6 is 0 Å². The first-order chi connectivity index (χ1) is 15.2. The van der Waals surface area contributed by atoms with Gasteiger partial charge >= 0.3 is 0 Å². The number of methoxy groups -OCH3 is 1. The van der Waals surface area contributed by atoms with Gasteiger partial charge in [0.1, 0.15) is 11.5 Å². The van der Waals surface area contributed by atoms with Crippen LogP contribution in [0.4, 0.5) is 0 Å². The second-order valence-corrected chi connectivity index (χ2v) is 6.75. The Kier molecular flexibility index (Phi) is 6.18. The fourth-order valence-electron chi connectivity index (χ4n) is 2.98. The molecule has 1 heterocycles. The molecule has 0 radical (unpaired) electrons. The molecule has 3 aromatic carbocycles. The lowest BCUT2D eigenvalue weighted by molar-refractivity contribution is 0.0951. The highest BCUT2D eigenvalue weighted by Crippen LogP contribution is 2.24. The Morgan fingerprint density at radius 3 is 2.45 bits per heavy atom. The van der Waals surface area contributed by atoms with Crippen LogP contribution in [0.15, 0.2) is 91.1 Å². The van der Waals surface area contributed by atoms with Crippen LogP contribution in [0.2, 0.25) is 0 Å². The van der Waals surface area contributed by atoms with E-state index in [1.807, 2.05) is 54.6 Å². The van der Waals surface area contributed by atoms with Crippen LogP contribution in [0.5, 0.6) is 17.4 Å². The highest BCUT2D eigenvalue weighted by atomic mass is 16.5. The molecule has 0 aliphatic carbocycles. The van der Waals surface area contributed by atoms with E-state index in [1.165, 1.54) is 0 Å². The fraction of sp³-hybridized carbons (Fsp3) is 0.0800. The van der Waals surface area contributed by atoms with Gasteiger partial charge in [0.05, 0.1) is 7.11 Å². The van der Waals surface area contributed by atoms with Crippen molar-refractivity contribution < 1.29 is 14.3 Å². The summed E-state index contributed by atoms with van der Waals surface area (Å²) in [5, 5.41) is 2.93. The maximum absolute atomic E-state index is 12.6. The van der Waals surface area contributed by atoms with Gasteiger partial charge in [0, 0.05) is 29.9 Å². The van der Waals surface area contributed by atoms with E-state index in [-0.39, 0.29) is 5.91 Å². The quantitative estimate of drug-likeness (QED) is 0.469. The molecular formula is C25H21N3O3. The predicted molar refractivity (Wildman–Crippen MR) is 118 cm³/mol. The molecule has 1 aromatic heterocycles. The Morgan fingerprint density at radius 1 is 0.903 bits per heavy atom. The molecule has 1 amide bonds. The van der Waals surface area contributed by atoms with Crippen molar-refractivity contribution in [1.29, 1.82) is 0 Å². The van der Waals surface area contributed by atoms with Crippen LogP contribution in [-0.4, -0.2) is 23.0 Å². The Morgan fingerprint density at radius 2 is 1.68 bits per heavy atom. The van der Waals surface area contributed by atoms with E-state index in [0.29, 0.717) is 29.6 Å². The Hall–Kier alpha value is -4.19. The molecule has 0 fully saturated rings. The van der Waals surface area contributed by atoms with Crippen molar-refractivity contribution in [2.45, 2.75) is 6.54 Å². The number of rotatable bonds is 7. The van der Waals surface area contributed by atoms with Crippen molar-refractivity contribution in [2.75, 3.05) is 7.11 Å². The van der Waals surface area contributed by atoms with Crippen molar-refractivity contribution in [2.24, 2.45) is 0 Å². The van der Waals surface area contributed by atoms with Crippen LogP contribution < -0.4 is 14.8 Å². The summed E-state index contributed by atoms with van der Waals surface area (Å²) in [4.78, 5) is 21.4. The molecule has 0 aliphatic rings.